The molecule has 0 bridgehead atoms. The Balaban J connectivity index is 2.41. The fourth-order valence-corrected chi connectivity index (χ4v) is 3.62. The maximum atomic E-state index is 11.6. The number of benzene rings is 1. The minimum absolute atomic E-state index is 0.149. The van der Waals surface area contributed by atoms with Crippen LogP contribution in [0.5, 0.6) is 0 Å². The number of aliphatic hydroxyl groups is 1. The van der Waals surface area contributed by atoms with E-state index in [1.807, 2.05) is 6.07 Å². The van der Waals surface area contributed by atoms with E-state index in [9.17, 15) is 8.42 Å². The number of fused-ring (bicyclic) bond motifs is 1. The van der Waals surface area contributed by atoms with Crippen LogP contribution in [0.2, 0.25) is 0 Å². The Kier molecular flexibility index (Phi) is 2.80. The summed E-state index contributed by atoms with van der Waals surface area (Å²) in [6.45, 7) is 0.149. The van der Waals surface area contributed by atoms with Crippen molar-refractivity contribution in [1.82, 2.24) is 0 Å². The van der Waals surface area contributed by atoms with Gasteiger partial charge in [-0.1, -0.05) is 12.1 Å². The van der Waals surface area contributed by atoms with Crippen LogP contribution in [0.4, 0.5) is 0 Å². The van der Waals surface area contributed by atoms with Crippen molar-refractivity contribution in [1.29, 1.82) is 0 Å². The molecule has 0 saturated carbocycles. The second-order valence-electron chi connectivity index (χ2n) is 3.79. The van der Waals surface area contributed by atoms with Gasteiger partial charge in [-0.3, -0.25) is 0 Å². The maximum Gasteiger partial charge on any atom is 0.178 e. The molecule has 2 rings (SSSR count). The van der Waals surface area contributed by atoms with Crippen LogP contribution in [-0.2, 0) is 22.7 Å². The lowest BCUT2D eigenvalue weighted by Gasteiger charge is -2.05. The molecule has 1 aromatic rings. The Hall–Kier alpha value is -0.870. The summed E-state index contributed by atoms with van der Waals surface area (Å²) in [5.74, 6) is 0.235. The lowest BCUT2D eigenvalue weighted by molar-refractivity contribution is 0.288. The van der Waals surface area contributed by atoms with E-state index >= 15 is 0 Å². The summed E-state index contributed by atoms with van der Waals surface area (Å²) < 4.78 is 23.3. The Bertz CT molecular complexity index is 463. The lowest BCUT2D eigenvalue weighted by atomic mass is 10.0. The summed E-state index contributed by atoms with van der Waals surface area (Å²) >= 11 is 0. The Morgan fingerprint density at radius 1 is 1.33 bits per heavy atom. The SMILES string of the molecule is O=S1(=O)CCc2c(CCCO)cccc21. The third-order valence-corrected chi connectivity index (χ3v) is 4.58. The van der Waals surface area contributed by atoms with E-state index in [1.54, 1.807) is 12.1 Å². The number of sulfone groups is 1. The normalized spacial score (nSPS) is 17.7. The largest absolute Gasteiger partial charge is 0.396 e. The van der Waals surface area contributed by atoms with Crippen LogP contribution in [0.15, 0.2) is 23.1 Å². The summed E-state index contributed by atoms with van der Waals surface area (Å²) in [5.41, 5.74) is 2.04. The minimum atomic E-state index is -3.02. The zero-order chi connectivity index (χ0) is 10.9. The van der Waals surface area contributed by atoms with Crippen molar-refractivity contribution in [2.45, 2.75) is 24.2 Å². The summed E-state index contributed by atoms with van der Waals surface area (Å²) in [4.78, 5) is 0.498. The molecule has 0 radical (unpaired) electrons. The summed E-state index contributed by atoms with van der Waals surface area (Å²) in [5, 5.41) is 8.76. The molecular formula is C11H14O3S. The van der Waals surface area contributed by atoms with Crippen molar-refractivity contribution in [3.63, 3.8) is 0 Å². The van der Waals surface area contributed by atoms with Gasteiger partial charge < -0.3 is 5.11 Å². The summed E-state index contributed by atoms with van der Waals surface area (Å²) in [7, 11) is -3.02. The van der Waals surface area contributed by atoms with Gasteiger partial charge in [-0.25, -0.2) is 8.42 Å². The highest BCUT2D eigenvalue weighted by Gasteiger charge is 2.27. The summed E-state index contributed by atoms with van der Waals surface area (Å²) in [6, 6.07) is 5.42. The molecule has 3 nitrogen and oxygen atoms in total. The molecule has 0 aliphatic carbocycles. The maximum absolute atomic E-state index is 11.6. The van der Waals surface area contributed by atoms with Crippen molar-refractivity contribution in [2.24, 2.45) is 0 Å². The topological polar surface area (TPSA) is 54.4 Å². The van der Waals surface area contributed by atoms with Crippen molar-refractivity contribution >= 4 is 9.84 Å². The van der Waals surface area contributed by atoms with Gasteiger partial charge in [0, 0.05) is 6.61 Å². The van der Waals surface area contributed by atoms with Gasteiger partial charge in [0.15, 0.2) is 9.84 Å². The van der Waals surface area contributed by atoms with Crippen LogP contribution in [0.3, 0.4) is 0 Å². The first kappa shape index (κ1) is 10.6. The van der Waals surface area contributed by atoms with Crippen LogP contribution in [0.25, 0.3) is 0 Å². The van der Waals surface area contributed by atoms with Crippen LogP contribution >= 0.6 is 0 Å². The number of rotatable bonds is 3. The van der Waals surface area contributed by atoms with E-state index in [2.05, 4.69) is 0 Å². The molecule has 82 valence electrons. The molecule has 0 unspecified atom stereocenters. The van der Waals surface area contributed by atoms with Gasteiger partial charge in [-0.2, -0.15) is 0 Å². The minimum Gasteiger partial charge on any atom is -0.396 e. The van der Waals surface area contributed by atoms with Gasteiger partial charge in [-0.15, -0.1) is 0 Å². The highest BCUT2D eigenvalue weighted by atomic mass is 32.2. The van der Waals surface area contributed by atoms with Crippen molar-refractivity contribution < 1.29 is 13.5 Å². The molecule has 1 heterocycles. The second-order valence-corrected chi connectivity index (χ2v) is 5.87. The van der Waals surface area contributed by atoms with Crippen molar-refractivity contribution in [3.05, 3.63) is 29.3 Å². The molecule has 1 aliphatic heterocycles. The first-order valence-electron chi connectivity index (χ1n) is 5.09. The van der Waals surface area contributed by atoms with Crippen LogP contribution in [0.1, 0.15) is 17.5 Å². The average molecular weight is 226 g/mol. The molecule has 0 spiro atoms. The molecule has 1 N–H and O–H groups in total. The Morgan fingerprint density at radius 3 is 2.87 bits per heavy atom. The molecule has 0 atom stereocenters. The molecule has 0 fully saturated rings. The molecular weight excluding hydrogens is 212 g/mol. The molecule has 0 saturated heterocycles. The first-order chi connectivity index (χ1) is 7.15. The molecule has 15 heavy (non-hydrogen) atoms. The number of aryl methyl sites for hydroxylation is 1. The summed E-state index contributed by atoms with van der Waals surface area (Å²) in [6.07, 6.45) is 2.07. The quantitative estimate of drug-likeness (QED) is 0.834. The average Bonchev–Trinajstić information content (AvgIpc) is 2.53. The van der Waals surface area contributed by atoms with E-state index in [4.69, 9.17) is 5.11 Å². The van der Waals surface area contributed by atoms with Gasteiger partial charge >= 0.3 is 0 Å². The fourth-order valence-electron chi connectivity index (χ4n) is 2.04. The molecule has 0 amide bonds. The molecule has 0 aromatic heterocycles. The highest BCUT2D eigenvalue weighted by molar-refractivity contribution is 7.91. The third-order valence-electron chi connectivity index (χ3n) is 2.79. The number of aliphatic hydroxyl groups excluding tert-OH is 1. The van der Waals surface area contributed by atoms with E-state index in [1.165, 1.54) is 0 Å². The smallest absolute Gasteiger partial charge is 0.178 e. The van der Waals surface area contributed by atoms with E-state index in [0.29, 0.717) is 17.7 Å². The van der Waals surface area contributed by atoms with Gasteiger partial charge in [0.2, 0.25) is 0 Å². The predicted octanol–water partition coefficient (Wildman–Crippen LogP) is 0.941. The van der Waals surface area contributed by atoms with Crippen molar-refractivity contribution in [2.75, 3.05) is 12.4 Å². The zero-order valence-corrected chi connectivity index (χ0v) is 9.26. The Labute approximate surface area is 89.7 Å². The number of hydrogen-bond acceptors (Lipinski definition) is 3. The van der Waals surface area contributed by atoms with E-state index < -0.39 is 9.84 Å². The van der Waals surface area contributed by atoms with E-state index in [0.717, 1.165) is 17.5 Å². The fraction of sp³-hybridized carbons (Fsp3) is 0.455. The predicted molar refractivity (Wildman–Crippen MR) is 57.6 cm³/mol. The Morgan fingerprint density at radius 2 is 2.13 bits per heavy atom. The third kappa shape index (κ3) is 1.92. The number of hydrogen-bond donors (Lipinski definition) is 1. The van der Waals surface area contributed by atoms with Gasteiger partial charge in [-0.05, 0) is 36.5 Å². The molecule has 1 aromatic carbocycles. The zero-order valence-electron chi connectivity index (χ0n) is 8.44. The van der Waals surface area contributed by atoms with E-state index in [-0.39, 0.29) is 12.4 Å². The van der Waals surface area contributed by atoms with Crippen LogP contribution in [0, 0.1) is 0 Å². The van der Waals surface area contributed by atoms with Crippen molar-refractivity contribution in [3.8, 4) is 0 Å². The van der Waals surface area contributed by atoms with Gasteiger partial charge in [0.05, 0.1) is 10.6 Å². The van der Waals surface area contributed by atoms with Crippen LogP contribution in [-0.4, -0.2) is 25.9 Å². The second kappa shape index (κ2) is 3.94. The lowest BCUT2D eigenvalue weighted by Crippen LogP contribution is -1.98. The first-order valence-corrected chi connectivity index (χ1v) is 6.75. The highest BCUT2D eigenvalue weighted by Crippen LogP contribution is 2.29. The van der Waals surface area contributed by atoms with Gasteiger partial charge in [0.25, 0.3) is 0 Å². The monoisotopic (exact) mass is 226 g/mol. The van der Waals surface area contributed by atoms with Gasteiger partial charge in [0.1, 0.15) is 0 Å². The molecule has 4 heteroatoms. The van der Waals surface area contributed by atoms with Crippen LogP contribution < -0.4 is 0 Å². The molecule has 1 aliphatic rings. The standard InChI is InChI=1S/C11H14O3S/c12-7-2-4-9-3-1-5-11-10(9)6-8-15(11,13)14/h1,3,5,12H,2,4,6-8H2.